The maximum atomic E-state index is 12.5. The average Bonchev–Trinajstić information content (AvgIpc) is 3.15. The van der Waals surface area contributed by atoms with E-state index >= 15 is 0 Å². The van der Waals surface area contributed by atoms with Gasteiger partial charge >= 0.3 is 0 Å². The van der Waals surface area contributed by atoms with Crippen molar-refractivity contribution < 1.29 is 9.53 Å². The van der Waals surface area contributed by atoms with Gasteiger partial charge < -0.3 is 9.64 Å². The van der Waals surface area contributed by atoms with Gasteiger partial charge in [0.1, 0.15) is 6.61 Å². The predicted molar refractivity (Wildman–Crippen MR) is 84.5 cm³/mol. The highest BCUT2D eigenvalue weighted by molar-refractivity contribution is 5.78. The van der Waals surface area contributed by atoms with Crippen LogP contribution in [0.2, 0.25) is 0 Å². The maximum absolute atomic E-state index is 12.5. The zero-order chi connectivity index (χ0) is 15.4. The molecule has 0 aromatic carbocycles. The first-order valence-electron chi connectivity index (χ1n) is 8.62. The predicted octanol–water partition coefficient (Wildman–Crippen LogP) is 2.53. The molecule has 1 aliphatic heterocycles. The van der Waals surface area contributed by atoms with Crippen LogP contribution in [0, 0.1) is 6.92 Å². The molecule has 0 radical (unpaired) electrons. The third-order valence-electron chi connectivity index (χ3n) is 4.85. The lowest BCUT2D eigenvalue weighted by Gasteiger charge is -2.27. The summed E-state index contributed by atoms with van der Waals surface area (Å²) in [4.78, 5) is 14.5. The number of carbonyl (C=O) groups is 1. The molecule has 2 aliphatic rings. The summed E-state index contributed by atoms with van der Waals surface area (Å²) in [5.41, 5.74) is 1.16. The van der Waals surface area contributed by atoms with Crippen molar-refractivity contribution >= 4 is 5.91 Å². The van der Waals surface area contributed by atoms with E-state index in [1.54, 1.807) is 0 Å². The number of amides is 1. The summed E-state index contributed by atoms with van der Waals surface area (Å²) < 4.78 is 7.80. The Morgan fingerprint density at radius 3 is 2.82 bits per heavy atom. The van der Waals surface area contributed by atoms with Gasteiger partial charge in [0.05, 0.1) is 24.9 Å². The SMILES string of the molecule is Cc1cnn(CC2CCCN2C(=O)COC2CCCCC2)c1. The molecule has 1 atom stereocenters. The molecular weight excluding hydrogens is 278 g/mol. The van der Waals surface area contributed by atoms with Gasteiger partial charge in [0, 0.05) is 12.7 Å². The Bertz CT molecular complexity index is 494. The third kappa shape index (κ3) is 3.88. The zero-order valence-corrected chi connectivity index (χ0v) is 13.5. The van der Waals surface area contributed by atoms with Gasteiger partial charge in [0.25, 0.3) is 0 Å². The first-order valence-corrected chi connectivity index (χ1v) is 8.62. The minimum Gasteiger partial charge on any atom is -0.368 e. The fourth-order valence-electron chi connectivity index (χ4n) is 3.64. The Hall–Kier alpha value is -1.36. The van der Waals surface area contributed by atoms with Gasteiger partial charge in [-0.05, 0) is 38.2 Å². The van der Waals surface area contributed by atoms with Gasteiger partial charge in [-0.3, -0.25) is 9.48 Å². The van der Waals surface area contributed by atoms with Gasteiger partial charge in [0.15, 0.2) is 0 Å². The van der Waals surface area contributed by atoms with Crippen LogP contribution in [0.15, 0.2) is 12.4 Å². The number of carbonyl (C=O) groups excluding carboxylic acids is 1. The Morgan fingerprint density at radius 1 is 1.27 bits per heavy atom. The lowest BCUT2D eigenvalue weighted by molar-refractivity contribution is -0.139. The maximum Gasteiger partial charge on any atom is 0.248 e. The molecule has 1 aliphatic carbocycles. The number of aromatic nitrogens is 2. The van der Waals surface area contributed by atoms with Gasteiger partial charge in [-0.25, -0.2) is 0 Å². The quantitative estimate of drug-likeness (QED) is 0.840. The van der Waals surface area contributed by atoms with Crippen LogP contribution in [0.5, 0.6) is 0 Å². The topological polar surface area (TPSA) is 47.4 Å². The van der Waals surface area contributed by atoms with Crippen molar-refractivity contribution in [2.75, 3.05) is 13.2 Å². The number of nitrogens with zero attached hydrogens (tertiary/aromatic N) is 3. The molecule has 2 heterocycles. The van der Waals surface area contributed by atoms with E-state index in [1.807, 2.05) is 28.9 Å². The minimum absolute atomic E-state index is 0.150. The van der Waals surface area contributed by atoms with Crippen LogP contribution in [0.1, 0.15) is 50.5 Å². The van der Waals surface area contributed by atoms with E-state index in [-0.39, 0.29) is 18.6 Å². The minimum atomic E-state index is 0.150. The molecule has 1 saturated heterocycles. The lowest BCUT2D eigenvalue weighted by atomic mass is 9.98. The molecule has 3 rings (SSSR count). The standard InChI is InChI=1S/C17H27N3O2/c1-14-10-18-19(11-14)12-15-6-5-9-20(15)17(21)13-22-16-7-3-2-4-8-16/h10-11,15-16H,2-9,12-13H2,1H3. The van der Waals surface area contributed by atoms with Gasteiger partial charge in [-0.15, -0.1) is 0 Å². The van der Waals surface area contributed by atoms with E-state index in [0.29, 0.717) is 6.10 Å². The summed E-state index contributed by atoms with van der Waals surface area (Å²) in [7, 11) is 0. The van der Waals surface area contributed by atoms with Crippen LogP contribution in [0.3, 0.4) is 0 Å². The summed E-state index contributed by atoms with van der Waals surface area (Å²) in [6.07, 6.45) is 12.4. The van der Waals surface area contributed by atoms with Crippen molar-refractivity contribution in [2.45, 2.75) is 70.6 Å². The number of ether oxygens (including phenoxy) is 1. The van der Waals surface area contributed by atoms with E-state index in [2.05, 4.69) is 5.10 Å². The molecular formula is C17H27N3O2. The highest BCUT2D eigenvalue weighted by Gasteiger charge is 2.29. The van der Waals surface area contributed by atoms with E-state index < -0.39 is 0 Å². The van der Waals surface area contributed by atoms with Gasteiger partial charge in [-0.1, -0.05) is 19.3 Å². The second kappa shape index (κ2) is 7.27. The van der Waals surface area contributed by atoms with Crippen LogP contribution >= 0.6 is 0 Å². The highest BCUT2D eigenvalue weighted by atomic mass is 16.5. The molecule has 0 N–H and O–H groups in total. The molecule has 0 bridgehead atoms. The molecule has 1 unspecified atom stereocenters. The third-order valence-corrected chi connectivity index (χ3v) is 4.85. The molecule has 122 valence electrons. The summed E-state index contributed by atoms with van der Waals surface area (Å²) in [6, 6.07) is 0.266. The van der Waals surface area contributed by atoms with E-state index in [0.717, 1.165) is 44.3 Å². The first-order chi connectivity index (χ1) is 10.7. The smallest absolute Gasteiger partial charge is 0.248 e. The molecule has 1 aromatic heterocycles. The highest BCUT2D eigenvalue weighted by Crippen LogP contribution is 2.22. The summed E-state index contributed by atoms with van der Waals surface area (Å²) >= 11 is 0. The van der Waals surface area contributed by atoms with Crippen LogP contribution in [0.4, 0.5) is 0 Å². The van der Waals surface area contributed by atoms with Crippen LogP contribution < -0.4 is 0 Å². The summed E-state index contributed by atoms with van der Waals surface area (Å²) in [6.45, 7) is 3.94. The van der Waals surface area contributed by atoms with Crippen LogP contribution in [-0.2, 0) is 16.1 Å². The van der Waals surface area contributed by atoms with Gasteiger partial charge in [-0.2, -0.15) is 5.10 Å². The van der Waals surface area contributed by atoms with Crippen molar-refractivity contribution in [3.63, 3.8) is 0 Å². The Kier molecular flexibility index (Phi) is 5.13. The Labute approximate surface area is 132 Å². The van der Waals surface area contributed by atoms with Crippen molar-refractivity contribution in [3.05, 3.63) is 18.0 Å². The first kappa shape index (κ1) is 15.5. The van der Waals surface area contributed by atoms with Crippen molar-refractivity contribution in [3.8, 4) is 0 Å². The fourth-order valence-corrected chi connectivity index (χ4v) is 3.64. The molecule has 1 amide bonds. The van der Waals surface area contributed by atoms with Crippen molar-refractivity contribution in [1.29, 1.82) is 0 Å². The molecule has 2 fully saturated rings. The second-order valence-electron chi connectivity index (χ2n) is 6.69. The van der Waals surface area contributed by atoms with Gasteiger partial charge in [0.2, 0.25) is 5.91 Å². The number of hydrogen-bond acceptors (Lipinski definition) is 3. The van der Waals surface area contributed by atoms with Crippen molar-refractivity contribution in [1.82, 2.24) is 14.7 Å². The normalized spacial score (nSPS) is 23.1. The molecule has 5 nitrogen and oxygen atoms in total. The zero-order valence-electron chi connectivity index (χ0n) is 13.5. The molecule has 5 heteroatoms. The lowest BCUT2D eigenvalue weighted by Crippen LogP contribution is -2.41. The molecule has 0 spiro atoms. The molecule has 1 saturated carbocycles. The fraction of sp³-hybridized carbons (Fsp3) is 0.765. The van der Waals surface area contributed by atoms with Crippen molar-refractivity contribution in [2.24, 2.45) is 0 Å². The van der Waals surface area contributed by atoms with E-state index in [4.69, 9.17) is 4.74 Å². The summed E-state index contributed by atoms with van der Waals surface area (Å²) in [5.74, 6) is 0.150. The average molecular weight is 305 g/mol. The van der Waals surface area contributed by atoms with E-state index in [9.17, 15) is 4.79 Å². The Balaban J connectivity index is 1.49. The summed E-state index contributed by atoms with van der Waals surface area (Å²) in [5, 5.41) is 4.34. The number of hydrogen-bond donors (Lipinski definition) is 0. The second-order valence-corrected chi connectivity index (χ2v) is 6.69. The Morgan fingerprint density at radius 2 is 2.09 bits per heavy atom. The largest absolute Gasteiger partial charge is 0.368 e. The molecule has 22 heavy (non-hydrogen) atoms. The molecule has 1 aromatic rings. The van der Waals surface area contributed by atoms with Crippen LogP contribution in [0.25, 0.3) is 0 Å². The van der Waals surface area contributed by atoms with Crippen LogP contribution in [-0.4, -0.2) is 45.9 Å². The number of rotatable bonds is 5. The van der Waals surface area contributed by atoms with E-state index in [1.165, 1.54) is 19.3 Å². The number of likely N-dealkylation sites (tertiary alicyclic amines) is 1. The number of aryl methyl sites for hydroxylation is 1. The monoisotopic (exact) mass is 305 g/mol.